The van der Waals surface area contributed by atoms with E-state index in [9.17, 15) is 9.59 Å². The van der Waals surface area contributed by atoms with Gasteiger partial charge in [0.25, 0.3) is 0 Å². The van der Waals surface area contributed by atoms with Crippen molar-refractivity contribution in [2.75, 3.05) is 6.54 Å². The highest BCUT2D eigenvalue weighted by atomic mass is 16.2. The molecule has 1 saturated carbocycles. The molecule has 1 rings (SSSR count). The molecule has 0 aromatic rings. The fourth-order valence-corrected chi connectivity index (χ4v) is 1.43. The average molecular weight is 241 g/mol. The van der Waals surface area contributed by atoms with Crippen molar-refractivity contribution in [2.24, 2.45) is 0 Å². The first-order valence-electron chi connectivity index (χ1n) is 6.32. The van der Waals surface area contributed by atoms with Crippen LogP contribution in [0.4, 0.5) is 0 Å². The van der Waals surface area contributed by atoms with Crippen LogP contribution in [0.15, 0.2) is 0 Å². The summed E-state index contributed by atoms with van der Waals surface area (Å²) in [5.74, 6) is 0.0408. The molecule has 98 valence electrons. The van der Waals surface area contributed by atoms with Gasteiger partial charge in [-0.15, -0.1) is 0 Å². The van der Waals surface area contributed by atoms with Crippen molar-refractivity contribution >= 4 is 11.8 Å². The summed E-state index contributed by atoms with van der Waals surface area (Å²) in [7, 11) is 0. The minimum Gasteiger partial charge on any atom is -0.353 e. The first-order valence-corrected chi connectivity index (χ1v) is 6.32. The molecule has 17 heavy (non-hydrogen) atoms. The van der Waals surface area contributed by atoms with Crippen LogP contribution in [0.2, 0.25) is 0 Å². The number of carbonyl (C=O) groups excluding carboxylic acids is 2. The number of rotatable bonds is 7. The fourth-order valence-electron chi connectivity index (χ4n) is 1.43. The van der Waals surface area contributed by atoms with Crippen molar-refractivity contribution in [3.8, 4) is 0 Å². The number of nitrogens with one attached hydrogen (secondary N) is 3. The molecule has 0 spiro atoms. The number of amides is 2. The highest BCUT2D eigenvalue weighted by molar-refractivity contribution is 5.81. The summed E-state index contributed by atoms with van der Waals surface area (Å²) < 4.78 is 0. The first kappa shape index (κ1) is 14.0. The van der Waals surface area contributed by atoms with Crippen LogP contribution in [0.3, 0.4) is 0 Å². The summed E-state index contributed by atoms with van der Waals surface area (Å²) in [4.78, 5) is 22.9. The minimum atomic E-state index is -0.258. The van der Waals surface area contributed by atoms with Gasteiger partial charge in [0.2, 0.25) is 11.8 Å². The van der Waals surface area contributed by atoms with Gasteiger partial charge in [0.15, 0.2) is 0 Å². The topological polar surface area (TPSA) is 70.2 Å². The summed E-state index contributed by atoms with van der Waals surface area (Å²) in [6, 6.07) is 0.292. The Balaban J connectivity index is 2.07. The maximum absolute atomic E-state index is 11.5. The normalized spacial score (nSPS) is 16.7. The van der Waals surface area contributed by atoms with Crippen LogP contribution in [-0.2, 0) is 9.59 Å². The van der Waals surface area contributed by atoms with E-state index in [1.807, 2.05) is 13.8 Å². The van der Waals surface area contributed by atoms with E-state index < -0.39 is 0 Å². The number of hydrogen-bond donors (Lipinski definition) is 3. The summed E-state index contributed by atoms with van der Waals surface area (Å²) >= 11 is 0. The van der Waals surface area contributed by atoms with Crippen LogP contribution in [-0.4, -0.2) is 36.5 Å². The Morgan fingerprint density at radius 3 is 2.41 bits per heavy atom. The third-order valence-corrected chi connectivity index (χ3v) is 2.57. The average Bonchev–Trinajstić information content (AvgIpc) is 3.00. The van der Waals surface area contributed by atoms with E-state index in [-0.39, 0.29) is 23.9 Å². The van der Waals surface area contributed by atoms with E-state index in [0.717, 1.165) is 12.8 Å². The van der Waals surface area contributed by atoms with Crippen LogP contribution in [0.25, 0.3) is 0 Å². The highest BCUT2D eigenvalue weighted by Gasteiger charge is 2.23. The molecular formula is C12H23N3O2. The van der Waals surface area contributed by atoms with Crippen molar-refractivity contribution in [1.29, 1.82) is 0 Å². The third kappa shape index (κ3) is 6.26. The molecule has 1 aliphatic carbocycles. The second-order valence-corrected chi connectivity index (χ2v) is 4.93. The van der Waals surface area contributed by atoms with Gasteiger partial charge in [0, 0.05) is 25.0 Å². The minimum absolute atomic E-state index is 0.0254. The molecule has 1 atom stereocenters. The Hall–Kier alpha value is -1.10. The van der Waals surface area contributed by atoms with Gasteiger partial charge in [0.1, 0.15) is 0 Å². The Kier molecular flexibility index (Phi) is 5.41. The molecule has 5 heteroatoms. The molecule has 5 nitrogen and oxygen atoms in total. The molecule has 0 aromatic heterocycles. The van der Waals surface area contributed by atoms with Gasteiger partial charge in [-0.2, -0.15) is 0 Å². The lowest BCUT2D eigenvalue weighted by Crippen LogP contribution is -2.45. The predicted octanol–water partition coefficient (Wildman–Crippen LogP) is 0.158. The van der Waals surface area contributed by atoms with Crippen molar-refractivity contribution in [3.05, 3.63) is 0 Å². The zero-order valence-corrected chi connectivity index (χ0v) is 10.9. The lowest BCUT2D eigenvalue weighted by molar-refractivity contribution is -0.124. The van der Waals surface area contributed by atoms with Gasteiger partial charge in [-0.1, -0.05) is 0 Å². The molecule has 1 aliphatic rings. The first-order chi connectivity index (χ1) is 7.99. The van der Waals surface area contributed by atoms with Gasteiger partial charge < -0.3 is 16.0 Å². The highest BCUT2D eigenvalue weighted by Crippen LogP contribution is 2.18. The van der Waals surface area contributed by atoms with Crippen LogP contribution >= 0.6 is 0 Å². The van der Waals surface area contributed by atoms with Gasteiger partial charge in [-0.05, 0) is 33.6 Å². The van der Waals surface area contributed by atoms with Crippen LogP contribution < -0.4 is 16.0 Å². The SMILES string of the molecule is CC(C)NC(=O)C(C)NCCC(=O)NC1CC1. The lowest BCUT2D eigenvalue weighted by atomic mass is 10.2. The Bertz CT molecular complexity index is 275. The molecule has 2 amide bonds. The summed E-state index contributed by atoms with van der Waals surface area (Å²) in [5, 5.41) is 8.77. The summed E-state index contributed by atoms with van der Waals surface area (Å²) in [6.07, 6.45) is 2.63. The summed E-state index contributed by atoms with van der Waals surface area (Å²) in [5.41, 5.74) is 0. The molecule has 1 unspecified atom stereocenters. The maximum Gasteiger partial charge on any atom is 0.237 e. The van der Waals surface area contributed by atoms with E-state index >= 15 is 0 Å². The van der Waals surface area contributed by atoms with E-state index in [1.54, 1.807) is 6.92 Å². The standard InChI is InChI=1S/C12H23N3O2/c1-8(2)14-12(17)9(3)13-7-6-11(16)15-10-4-5-10/h8-10,13H,4-7H2,1-3H3,(H,14,17)(H,15,16). The van der Waals surface area contributed by atoms with Gasteiger partial charge in [-0.3, -0.25) is 9.59 Å². The van der Waals surface area contributed by atoms with E-state index in [4.69, 9.17) is 0 Å². The predicted molar refractivity (Wildman–Crippen MR) is 66.5 cm³/mol. The molecule has 1 fully saturated rings. The Morgan fingerprint density at radius 1 is 1.24 bits per heavy atom. The maximum atomic E-state index is 11.5. The smallest absolute Gasteiger partial charge is 0.237 e. The van der Waals surface area contributed by atoms with E-state index in [1.165, 1.54) is 0 Å². The fraction of sp³-hybridized carbons (Fsp3) is 0.833. The third-order valence-electron chi connectivity index (χ3n) is 2.57. The van der Waals surface area contributed by atoms with Crippen molar-refractivity contribution in [2.45, 2.75) is 58.2 Å². The molecule has 0 aromatic carbocycles. The number of hydrogen-bond acceptors (Lipinski definition) is 3. The second-order valence-electron chi connectivity index (χ2n) is 4.93. The zero-order chi connectivity index (χ0) is 12.8. The number of carbonyl (C=O) groups is 2. The van der Waals surface area contributed by atoms with Crippen LogP contribution in [0.5, 0.6) is 0 Å². The van der Waals surface area contributed by atoms with Gasteiger partial charge in [-0.25, -0.2) is 0 Å². The quantitative estimate of drug-likeness (QED) is 0.594. The molecule has 0 radical (unpaired) electrons. The van der Waals surface area contributed by atoms with Crippen molar-refractivity contribution < 1.29 is 9.59 Å². The molecule has 0 heterocycles. The Labute approximate surface area is 103 Å². The molecule has 3 N–H and O–H groups in total. The van der Waals surface area contributed by atoms with Crippen LogP contribution in [0, 0.1) is 0 Å². The second kappa shape index (κ2) is 6.59. The molecular weight excluding hydrogens is 218 g/mol. The van der Waals surface area contributed by atoms with E-state index in [2.05, 4.69) is 16.0 Å². The van der Waals surface area contributed by atoms with Crippen molar-refractivity contribution in [1.82, 2.24) is 16.0 Å². The monoisotopic (exact) mass is 241 g/mol. The zero-order valence-electron chi connectivity index (χ0n) is 10.9. The Morgan fingerprint density at radius 2 is 1.88 bits per heavy atom. The molecule has 0 bridgehead atoms. The van der Waals surface area contributed by atoms with E-state index in [0.29, 0.717) is 19.0 Å². The van der Waals surface area contributed by atoms with Crippen LogP contribution in [0.1, 0.15) is 40.0 Å². The molecule has 0 aliphatic heterocycles. The molecule has 0 saturated heterocycles. The lowest BCUT2D eigenvalue weighted by Gasteiger charge is -2.15. The summed E-state index contributed by atoms with van der Waals surface area (Å²) in [6.45, 7) is 6.18. The largest absolute Gasteiger partial charge is 0.353 e. The van der Waals surface area contributed by atoms with Gasteiger partial charge in [0.05, 0.1) is 6.04 Å². The van der Waals surface area contributed by atoms with Gasteiger partial charge >= 0.3 is 0 Å². The van der Waals surface area contributed by atoms with Crippen molar-refractivity contribution in [3.63, 3.8) is 0 Å².